The van der Waals surface area contributed by atoms with E-state index in [1.54, 1.807) is 0 Å². The van der Waals surface area contributed by atoms with Crippen LogP contribution in [0.4, 0.5) is 23.1 Å². The van der Waals surface area contributed by atoms with Crippen molar-refractivity contribution in [1.82, 2.24) is 14.9 Å². The molecule has 0 spiro atoms. The Morgan fingerprint density at radius 2 is 1.57 bits per heavy atom. The van der Waals surface area contributed by atoms with Crippen LogP contribution >= 0.6 is 0 Å². The van der Waals surface area contributed by atoms with E-state index in [0.29, 0.717) is 5.95 Å². The monoisotopic (exact) mass is 380 g/mol. The third kappa shape index (κ3) is 4.55. The van der Waals surface area contributed by atoms with Gasteiger partial charge in [0.15, 0.2) is 0 Å². The van der Waals surface area contributed by atoms with E-state index in [1.807, 2.05) is 6.92 Å². The molecule has 1 aromatic carbocycles. The molecule has 150 valence electrons. The van der Waals surface area contributed by atoms with E-state index in [4.69, 9.17) is 4.98 Å². The van der Waals surface area contributed by atoms with Gasteiger partial charge in [-0.2, -0.15) is 4.98 Å². The van der Waals surface area contributed by atoms with Crippen molar-refractivity contribution in [3.63, 3.8) is 0 Å². The SMILES string of the molecule is CCN1CCN(c2cc(C)nc(Nc3ccc(N4CCCCC4)cc3)n2)CC1. The number of anilines is 4. The molecule has 0 saturated carbocycles. The van der Waals surface area contributed by atoms with Crippen molar-refractivity contribution >= 4 is 23.1 Å². The lowest BCUT2D eigenvalue weighted by molar-refractivity contribution is 0.270. The van der Waals surface area contributed by atoms with Crippen LogP contribution in [0.2, 0.25) is 0 Å². The number of aryl methyl sites for hydroxylation is 1. The Hall–Kier alpha value is -2.34. The molecule has 28 heavy (non-hydrogen) atoms. The zero-order valence-corrected chi connectivity index (χ0v) is 17.2. The molecular weight excluding hydrogens is 348 g/mol. The maximum atomic E-state index is 4.79. The highest BCUT2D eigenvalue weighted by Crippen LogP contribution is 2.24. The number of rotatable bonds is 5. The predicted octanol–water partition coefficient (Wildman–Crippen LogP) is 3.66. The molecule has 0 amide bonds. The van der Waals surface area contributed by atoms with E-state index in [0.717, 1.165) is 49.9 Å². The fraction of sp³-hybridized carbons (Fsp3) is 0.545. The van der Waals surface area contributed by atoms with Crippen molar-refractivity contribution in [1.29, 1.82) is 0 Å². The normalized spacial score (nSPS) is 18.4. The summed E-state index contributed by atoms with van der Waals surface area (Å²) in [7, 11) is 0. The van der Waals surface area contributed by atoms with Gasteiger partial charge in [0.05, 0.1) is 0 Å². The summed E-state index contributed by atoms with van der Waals surface area (Å²) in [5, 5.41) is 3.40. The molecule has 2 saturated heterocycles. The Balaban J connectivity index is 1.43. The Morgan fingerprint density at radius 3 is 2.25 bits per heavy atom. The van der Waals surface area contributed by atoms with Gasteiger partial charge in [0, 0.05) is 62.4 Å². The van der Waals surface area contributed by atoms with Gasteiger partial charge in [-0.05, 0) is 57.0 Å². The summed E-state index contributed by atoms with van der Waals surface area (Å²) in [5.41, 5.74) is 3.34. The van der Waals surface area contributed by atoms with Crippen LogP contribution in [0.25, 0.3) is 0 Å². The fourth-order valence-electron chi connectivity index (χ4n) is 4.10. The first-order valence-electron chi connectivity index (χ1n) is 10.7. The predicted molar refractivity (Wildman–Crippen MR) is 117 cm³/mol. The highest BCUT2D eigenvalue weighted by Gasteiger charge is 2.18. The minimum Gasteiger partial charge on any atom is -0.372 e. The molecular formula is C22H32N6. The lowest BCUT2D eigenvalue weighted by Crippen LogP contribution is -2.46. The van der Waals surface area contributed by atoms with Gasteiger partial charge in [-0.25, -0.2) is 4.98 Å². The molecule has 2 aliphatic rings. The molecule has 0 bridgehead atoms. The van der Waals surface area contributed by atoms with E-state index in [1.165, 1.54) is 38.0 Å². The van der Waals surface area contributed by atoms with Crippen molar-refractivity contribution < 1.29 is 0 Å². The fourth-order valence-corrected chi connectivity index (χ4v) is 4.10. The summed E-state index contributed by atoms with van der Waals surface area (Å²) in [4.78, 5) is 16.7. The average molecular weight is 381 g/mol. The second-order valence-electron chi connectivity index (χ2n) is 7.83. The van der Waals surface area contributed by atoms with Crippen molar-refractivity contribution in [2.45, 2.75) is 33.1 Å². The van der Waals surface area contributed by atoms with Crippen LogP contribution in [0.5, 0.6) is 0 Å². The first-order valence-corrected chi connectivity index (χ1v) is 10.7. The number of hydrogen-bond acceptors (Lipinski definition) is 6. The zero-order chi connectivity index (χ0) is 19.3. The molecule has 1 aromatic heterocycles. The number of piperidine rings is 1. The summed E-state index contributed by atoms with van der Waals surface area (Å²) >= 11 is 0. The highest BCUT2D eigenvalue weighted by molar-refractivity contribution is 5.60. The first-order chi connectivity index (χ1) is 13.7. The zero-order valence-electron chi connectivity index (χ0n) is 17.2. The van der Waals surface area contributed by atoms with Crippen LogP contribution in [0.1, 0.15) is 31.9 Å². The smallest absolute Gasteiger partial charge is 0.229 e. The molecule has 0 unspecified atom stereocenters. The number of likely N-dealkylation sites (N-methyl/N-ethyl adjacent to an activating group) is 1. The van der Waals surface area contributed by atoms with Gasteiger partial charge in [0.2, 0.25) is 5.95 Å². The van der Waals surface area contributed by atoms with Gasteiger partial charge < -0.3 is 20.0 Å². The minimum atomic E-state index is 0.679. The van der Waals surface area contributed by atoms with E-state index in [-0.39, 0.29) is 0 Å². The summed E-state index contributed by atoms with van der Waals surface area (Å²) < 4.78 is 0. The van der Waals surface area contributed by atoms with Crippen LogP contribution in [-0.2, 0) is 0 Å². The molecule has 3 heterocycles. The maximum Gasteiger partial charge on any atom is 0.229 e. The number of nitrogens with zero attached hydrogens (tertiary/aromatic N) is 5. The van der Waals surface area contributed by atoms with Crippen molar-refractivity contribution in [2.75, 3.05) is 60.9 Å². The molecule has 6 nitrogen and oxygen atoms in total. The molecule has 1 N–H and O–H groups in total. The molecule has 4 rings (SSSR count). The van der Waals surface area contributed by atoms with E-state index in [9.17, 15) is 0 Å². The van der Waals surface area contributed by atoms with E-state index < -0.39 is 0 Å². The third-order valence-electron chi connectivity index (χ3n) is 5.83. The summed E-state index contributed by atoms with van der Waals surface area (Å²) in [6.45, 7) is 12.0. The quantitative estimate of drug-likeness (QED) is 0.854. The van der Waals surface area contributed by atoms with Gasteiger partial charge in [-0.1, -0.05) is 6.92 Å². The van der Waals surface area contributed by atoms with Crippen LogP contribution in [-0.4, -0.2) is 60.7 Å². The molecule has 0 aliphatic carbocycles. The molecule has 6 heteroatoms. The second kappa shape index (κ2) is 8.78. The van der Waals surface area contributed by atoms with Crippen LogP contribution < -0.4 is 15.1 Å². The molecule has 2 fully saturated rings. The Bertz CT molecular complexity index is 761. The topological polar surface area (TPSA) is 47.5 Å². The van der Waals surface area contributed by atoms with Crippen LogP contribution in [0.3, 0.4) is 0 Å². The van der Waals surface area contributed by atoms with Gasteiger partial charge in [-0.15, -0.1) is 0 Å². The number of nitrogens with one attached hydrogen (secondary N) is 1. The van der Waals surface area contributed by atoms with Gasteiger partial charge in [-0.3, -0.25) is 0 Å². The van der Waals surface area contributed by atoms with Crippen LogP contribution in [0.15, 0.2) is 30.3 Å². The largest absolute Gasteiger partial charge is 0.372 e. The third-order valence-corrected chi connectivity index (χ3v) is 5.83. The number of hydrogen-bond donors (Lipinski definition) is 1. The average Bonchev–Trinajstić information content (AvgIpc) is 2.74. The van der Waals surface area contributed by atoms with E-state index in [2.05, 4.69) is 62.3 Å². The second-order valence-corrected chi connectivity index (χ2v) is 7.83. The van der Waals surface area contributed by atoms with E-state index >= 15 is 0 Å². The standard InChI is InChI=1S/C22H32N6/c1-3-26-13-15-28(16-14-26)21-17-18(2)23-22(25-21)24-19-7-9-20(10-8-19)27-11-5-4-6-12-27/h7-10,17H,3-6,11-16H2,1-2H3,(H,23,24,25). The number of piperazine rings is 1. The molecule has 2 aliphatic heterocycles. The van der Waals surface area contributed by atoms with Crippen molar-refractivity contribution in [3.05, 3.63) is 36.0 Å². The number of benzene rings is 1. The minimum absolute atomic E-state index is 0.679. The van der Waals surface area contributed by atoms with Crippen molar-refractivity contribution in [2.24, 2.45) is 0 Å². The summed E-state index contributed by atoms with van der Waals surface area (Å²) in [5.74, 6) is 1.70. The Labute approximate surface area is 168 Å². The van der Waals surface area contributed by atoms with Crippen LogP contribution in [0, 0.1) is 6.92 Å². The Kier molecular flexibility index (Phi) is 5.95. The lowest BCUT2D eigenvalue weighted by atomic mass is 10.1. The lowest BCUT2D eigenvalue weighted by Gasteiger charge is -2.34. The summed E-state index contributed by atoms with van der Waals surface area (Å²) in [6.07, 6.45) is 3.95. The van der Waals surface area contributed by atoms with Gasteiger partial charge in [0.1, 0.15) is 5.82 Å². The Morgan fingerprint density at radius 1 is 0.857 bits per heavy atom. The number of aromatic nitrogens is 2. The maximum absolute atomic E-state index is 4.79. The summed E-state index contributed by atoms with van der Waals surface area (Å²) in [6, 6.07) is 10.8. The highest BCUT2D eigenvalue weighted by atomic mass is 15.3. The molecule has 2 aromatic rings. The van der Waals surface area contributed by atoms with Gasteiger partial charge in [0.25, 0.3) is 0 Å². The van der Waals surface area contributed by atoms with Gasteiger partial charge >= 0.3 is 0 Å². The molecule has 0 radical (unpaired) electrons. The first kappa shape index (κ1) is 19.0. The van der Waals surface area contributed by atoms with Crippen molar-refractivity contribution in [3.8, 4) is 0 Å². The molecule has 0 atom stereocenters.